The van der Waals surface area contributed by atoms with E-state index in [2.05, 4.69) is 58.6 Å². The van der Waals surface area contributed by atoms with E-state index in [9.17, 15) is 4.79 Å². The zero-order chi connectivity index (χ0) is 18.4. The summed E-state index contributed by atoms with van der Waals surface area (Å²) in [4.78, 5) is 18.8. The van der Waals surface area contributed by atoms with Crippen molar-refractivity contribution in [2.75, 3.05) is 29.9 Å². The van der Waals surface area contributed by atoms with Gasteiger partial charge in [0.25, 0.3) is 5.91 Å². The van der Waals surface area contributed by atoms with Gasteiger partial charge in [-0.1, -0.05) is 13.8 Å². The van der Waals surface area contributed by atoms with E-state index in [4.69, 9.17) is 0 Å². The molecule has 0 bridgehead atoms. The first-order chi connectivity index (χ1) is 12.6. The summed E-state index contributed by atoms with van der Waals surface area (Å²) >= 11 is 0. The molecule has 0 aliphatic carbocycles. The highest BCUT2D eigenvalue weighted by Gasteiger charge is 2.11. The average molecular weight is 352 g/mol. The van der Waals surface area contributed by atoms with Gasteiger partial charge < -0.3 is 15.5 Å². The normalized spacial score (nSPS) is 14.3. The number of hydrogen-bond acceptors (Lipinski definition) is 4. The molecule has 2 aromatic rings. The lowest BCUT2D eigenvalue weighted by Crippen LogP contribution is -2.29. The topological polar surface area (TPSA) is 57.3 Å². The minimum absolute atomic E-state index is 0.136. The second kappa shape index (κ2) is 8.70. The van der Waals surface area contributed by atoms with Crippen molar-refractivity contribution >= 4 is 23.0 Å². The number of aromatic nitrogens is 1. The van der Waals surface area contributed by atoms with Crippen LogP contribution in [0.1, 0.15) is 43.6 Å². The van der Waals surface area contributed by atoms with Crippen molar-refractivity contribution in [1.29, 1.82) is 0 Å². The van der Waals surface area contributed by atoms with E-state index >= 15 is 0 Å². The zero-order valence-electron chi connectivity index (χ0n) is 15.7. The van der Waals surface area contributed by atoms with Crippen LogP contribution in [0.3, 0.4) is 0 Å². The third-order valence-corrected chi connectivity index (χ3v) is 4.54. The second-order valence-corrected chi connectivity index (χ2v) is 7.25. The number of carbonyl (C=O) groups is 1. The number of anilines is 3. The number of pyridine rings is 1. The van der Waals surface area contributed by atoms with Crippen LogP contribution in [-0.4, -0.2) is 30.5 Å². The number of nitrogens with one attached hydrogen (secondary N) is 2. The predicted octanol–water partition coefficient (Wildman–Crippen LogP) is 4.20. The first kappa shape index (κ1) is 18.2. The Morgan fingerprint density at radius 1 is 1.08 bits per heavy atom. The lowest BCUT2D eigenvalue weighted by molar-refractivity contribution is 0.0944. The Kier molecular flexibility index (Phi) is 6.10. The van der Waals surface area contributed by atoms with Crippen LogP contribution >= 0.6 is 0 Å². The zero-order valence-corrected chi connectivity index (χ0v) is 15.7. The summed E-state index contributed by atoms with van der Waals surface area (Å²) in [5, 5.41) is 6.25. The van der Waals surface area contributed by atoms with Gasteiger partial charge in [-0.25, -0.2) is 0 Å². The third kappa shape index (κ3) is 4.97. The molecule has 1 saturated heterocycles. The van der Waals surface area contributed by atoms with Gasteiger partial charge in [0.05, 0.1) is 0 Å². The Morgan fingerprint density at radius 2 is 1.81 bits per heavy atom. The highest BCUT2D eigenvalue weighted by Crippen LogP contribution is 2.23. The van der Waals surface area contributed by atoms with E-state index < -0.39 is 0 Å². The number of piperidine rings is 1. The molecular weight excluding hydrogens is 324 g/mol. The van der Waals surface area contributed by atoms with Crippen LogP contribution in [0.4, 0.5) is 17.1 Å². The Labute approximate surface area is 155 Å². The average Bonchev–Trinajstić information content (AvgIpc) is 2.67. The Morgan fingerprint density at radius 3 is 2.50 bits per heavy atom. The Balaban J connectivity index is 1.63. The minimum atomic E-state index is -0.136. The smallest absolute Gasteiger partial charge is 0.269 e. The molecule has 5 heteroatoms. The fourth-order valence-corrected chi connectivity index (χ4v) is 3.09. The van der Waals surface area contributed by atoms with Gasteiger partial charge >= 0.3 is 0 Å². The van der Waals surface area contributed by atoms with E-state index in [0.717, 1.165) is 24.5 Å². The number of amides is 1. The fourth-order valence-electron chi connectivity index (χ4n) is 3.09. The molecule has 26 heavy (non-hydrogen) atoms. The van der Waals surface area contributed by atoms with Gasteiger partial charge in [0.2, 0.25) is 0 Å². The molecule has 1 aromatic carbocycles. The van der Waals surface area contributed by atoms with Crippen molar-refractivity contribution in [2.24, 2.45) is 5.92 Å². The highest BCUT2D eigenvalue weighted by atomic mass is 16.1. The summed E-state index contributed by atoms with van der Waals surface area (Å²) in [5.74, 6) is 0.279. The summed E-state index contributed by atoms with van der Waals surface area (Å²) in [6, 6.07) is 12.1. The van der Waals surface area contributed by atoms with Gasteiger partial charge in [-0.3, -0.25) is 9.78 Å². The maximum absolute atomic E-state index is 12.2. The van der Waals surface area contributed by atoms with E-state index in [1.165, 1.54) is 24.9 Å². The molecule has 2 N–H and O–H groups in total. The molecule has 1 aliphatic heterocycles. The van der Waals surface area contributed by atoms with E-state index in [0.29, 0.717) is 18.2 Å². The van der Waals surface area contributed by atoms with Crippen LogP contribution in [0, 0.1) is 5.92 Å². The van der Waals surface area contributed by atoms with Crippen LogP contribution in [-0.2, 0) is 0 Å². The molecule has 5 nitrogen and oxygen atoms in total. The first-order valence-corrected chi connectivity index (χ1v) is 9.48. The van der Waals surface area contributed by atoms with Crippen molar-refractivity contribution in [3.05, 3.63) is 48.3 Å². The monoisotopic (exact) mass is 352 g/mol. The first-order valence-electron chi connectivity index (χ1n) is 9.48. The van der Waals surface area contributed by atoms with Gasteiger partial charge in [0.15, 0.2) is 0 Å². The lowest BCUT2D eigenvalue weighted by atomic mass is 10.1. The number of rotatable bonds is 6. The summed E-state index contributed by atoms with van der Waals surface area (Å²) in [5.41, 5.74) is 3.57. The molecule has 1 fully saturated rings. The number of benzene rings is 1. The van der Waals surface area contributed by atoms with Crippen molar-refractivity contribution < 1.29 is 4.79 Å². The molecule has 0 spiro atoms. The van der Waals surface area contributed by atoms with Gasteiger partial charge in [-0.2, -0.15) is 0 Å². The summed E-state index contributed by atoms with van der Waals surface area (Å²) in [7, 11) is 0. The van der Waals surface area contributed by atoms with E-state index in [1.807, 2.05) is 6.07 Å². The summed E-state index contributed by atoms with van der Waals surface area (Å²) < 4.78 is 0. The summed E-state index contributed by atoms with van der Waals surface area (Å²) in [6.45, 7) is 7.08. The fraction of sp³-hybridized carbons (Fsp3) is 0.429. The number of hydrogen-bond donors (Lipinski definition) is 2. The standard InChI is InChI=1S/C21H28N4O/c1-16(2)15-23-21(26)20-14-18(10-11-22-20)24-17-6-8-19(9-7-17)25-12-4-3-5-13-25/h6-11,14,16H,3-5,12-13,15H2,1-2H3,(H,22,24)(H,23,26). The molecule has 138 valence electrons. The van der Waals surface area contributed by atoms with Crippen LogP contribution < -0.4 is 15.5 Å². The van der Waals surface area contributed by atoms with Crippen LogP contribution in [0.25, 0.3) is 0 Å². The predicted molar refractivity (Wildman–Crippen MR) is 107 cm³/mol. The van der Waals surface area contributed by atoms with Crippen LogP contribution in [0.2, 0.25) is 0 Å². The molecule has 1 aromatic heterocycles. The molecular formula is C21H28N4O. The maximum Gasteiger partial charge on any atom is 0.269 e. The lowest BCUT2D eigenvalue weighted by Gasteiger charge is -2.28. The molecule has 0 radical (unpaired) electrons. The van der Waals surface area contributed by atoms with Crippen molar-refractivity contribution in [3.63, 3.8) is 0 Å². The SMILES string of the molecule is CC(C)CNC(=O)c1cc(Nc2ccc(N3CCCCC3)cc2)ccn1. The molecule has 0 atom stereocenters. The van der Waals surface area contributed by atoms with Crippen LogP contribution in [0.5, 0.6) is 0 Å². The Bertz CT molecular complexity index is 721. The Hall–Kier alpha value is -2.56. The molecule has 1 aliphatic rings. The van der Waals surface area contributed by atoms with Crippen LogP contribution in [0.15, 0.2) is 42.6 Å². The number of carbonyl (C=O) groups excluding carboxylic acids is 1. The molecule has 1 amide bonds. The number of nitrogens with zero attached hydrogens (tertiary/aromatic N) is 2. The minimum Gasteiger partial charge on any atom is -0.372 e. The summed E-state index contributed by atoms with van der Waals surface area (Å²) in [6.07, 6.45) is 5.55. The van der Waals surface area contributed by atoms with E-state index in [1.54, 1.807) is 12.3 Å². The van der Waals surface area contributed by atoms with Gasteiger partial charge in [-0.05, 0) is 61.6 Å². The highest BCUT2D eigenvalue weighted by molar-refractivity contribution is 5.93. The molecule has 3 rings (SSSR count). The van der Waals surface area contributed by atoms with Gasteiger partial charge in [0, 0.05) is 42.9 Å². The third-order valence-electron chi connectivity index (χ3n) is 4.54. The second-order valence-electron chi connectivity index (χ2n) is 7.25. The quantitative estimate of drug-likeness (QED) is 0.818. The van der Waals surface area contributed by atoms with Gasteiger partial charge in [0.1, 0.15) is 5.69 Å². The van der Waals surface area contributed by atoms with Gasteiger partial charge in [-0.15, -0.1) is 0 Å². The largest absolute Gasteiger partial charge is 0.372 e. The molecule has 0 unspecified atom stereocenters. The van der Waals surface area contributed by atoms with E-state index in [-0.39, 0.29) is 5.91 Å². The maximum atomic E-state index is 12.2. The molecule has 0 saturated carbocycles. The van der Waals surface area contributed by atoms with Crippen molar-refractivity contribution in [1.82, 2.24) is 10.3 Å². The van der Waals surface area contributed by atoms with Crippen molar-refractivity contribution in [3.8, 4) is 0 Å². The van der Waals surface area contributed by atoms with Crippen molar-refractivity contribution in [2.45, 2.75) is 33.1 Å². The molecule has 2 heterocycles.